The van der Waals surface area contributed by atoms with Crippen LogP contribution in [-0.4, -0.2) is 30.2 Å². The van der Waals surface area contributed by atoms with Crippen molar-refractivity contribution in [1.29, 1.82) is 0 Å². The van der Waals surface area contributed by atoms with E-state index in [4.69, 9.17) is 5.73 Å². The fraction of sp³-hybridized carbons (Fsp3) is 1.00. The maximum Gasteiger partial charge on any atom is 0.159 e. The van der Waals surface area contributed by atoms with Crippen LogP contribution in [0.4, 0.5) is 0 Å². The summed E-state index contributed by atoms with van der Waals surface area (Å²) in [6.07, 6.45) is 0. The van der Waals surface area contributed by atoms with E-state index in [-0.39, 0.29) is 12.4 Å². The summed E-state index contributed by atoms with van der Waals surface area (Å²) in [4.78, 5) is 9.77. The summed E-state index contributed by atoms with van der Waals surface area (Å²) in [6.45, 7) is 0.616. The number of hydrogen-bond donors (Lipinski definition) is 1. The third-order valence-corrected chi connectivity index (χ3v) is 0.731. The summed E-state index contributed by atoms with van der Waals surface area (Å²) >= 11 is 0. The maximum atomic E-state index is 9.77. The van der Waals surface area contributed by atoms with Gasteiger partial charge >= 0.3 is 0 Å². The molecular weight excluding hydrogens is 146 g/mol. The van der Waals surface area contributed by atoms with Gasteiger partial charge < -0.3 is 5.73 Å². The van der Waals surface area contributed by atoms with Crippen LogP contribution in [0.25, 0.3) is 0 Å². The van der Waals surface area contributed by atoms with Gasteiger partial charge in [-0.3, -0.25) is 0 Å². The van der Waals surface area contributed by atoms with Gasteiger partial charge in [0.05, 0.1) is 13.6 Å². The Hall–Kier alpha value is -0.550. The average molecular weight is 156 g/mol. The molecule has 0 spiro atoms. The first-order valence-electron chi connectivity index (χ1n) is 2.24. The Bertz CT molecular complexity index is 89.1. The van der Waals surface area contributed by atoms with Gasteiger partial charge in [0.2, 0.25) is 0 Å². The summed E-state index contributed by atoms with van der Waals surface area (Å²) in [7, 11) is 1.38. The number of hydrazine groups is 1. The molecule has 0 aliphatic rings. The van der Waals surface area contributed by atoms with Crippen LogP contribution in [0.5, 0.6) is 0 Å². The molecule has 0 amide bonds. The molecule has 0 atom stereocenters. The van der Waals surface area contributed by atoms with Crippen LogP contribution >= 0.6 is 12.4 Å². The predicted molar refractivity (Wildman–Crippen MR) is 35.9 cm³/mol. The lowest BCUT2D eigenvalue weighted by molar-refractivity contribution is -0.648. The molecule has 0 aliphatic carbocycles. The van der Waals surface area contributed by atoms with Crippen molar-refractivity contribution < 1.29 is 5.03 Å². The Morgan fingerprint density at radius 1 is 1.78 bits per heavy atom. The Morgan fingerprint density at radius 3 is 2.33 bits per heavy atom. The smallest absolute Gasteiger partial charge is 0.159 e. The highest BCUT2D eigenvalue weighted by Crippen LogP contribution is 1.76. The van der Waals surface area contributed by atoms with E-state index in [1.54, 1.807) is 0 Å². The Morgan fingerprint density at radius 2 is 2.22 bits per heavy atom. The van der Waals surface area contributed by atoms with Gasteiger partial charge in [-0.25, -0.2) is 10.1 Å². The van der Waals surface area contributed by atoms with Crippen LogP contribution in [-0.2, 0) is 0 Å². The number of nitro groups is 1. The van der Waals surface area contributed by atoms with Crippen molar-refractivity contribution in [2.24, 2.45) is 5.73 Å². The second-order valence-electron chi connectivity index (χ2n) is 1.41. The van der Waals surface area contributed by atoms with E-state index in [9.17, 15) is 10.1 Å². The lowest BCUT2D eigenvalue weighted by atomic mass is 10.6. The second-order valence-corrected chi connectivity index (χ2v) is 1.41. The van der Waals surface area contributed by atoms with Gasteiger partial charge in [-0.15, -0.1) is 17.4 Å². The molecule has 0 heterocycles. The van der Waals surface area contributed by atoms with Gasteiger partial charge in [-0.2, -0.15) is 0 Å². The molecule has 0 saturated carbocycles. The third kappa shape index (κ3) is 5.32. The minimum atomic E-state index is -0.493. The topological polar surface area (TPSA) is 72.4 Å². The van der Waals surface area contributed by atoms with Crippen LogP contribution in [0.1, 0.15) is 0 Å². The fourth-order valence-corrected chi connectivity index (χ4v) is 0.268. The molecule has 56 valence electrons. The van der Waals surface area contributed by atoms with E-state index >= 15 is 0 Å². The molecule has 0 aromatic carbocycles. The van der Waals surface area contributed by atoms with Gasteiger partial charge in [-0.1, -0.05) is 0 Å². The predicted octanol–water partition coefficient (Wildman–Crippen LogP) is -0.510. The summed E-state index contributed by atoms with van der Waals surface area (Å²) in [5.41, 5.74) is 5.02. The molecule has 0 aromatic rings. The highest BCUT2D eigenvalue weighted by molar-refractivity contribution is 5.85. The Kier molecular flexibility index (Phi) is 6.99. The molecule has 0 rings (SSSR count). The lowest BCUT2D eigenvalue weighted by Crippen LogP contribution is -2.30. The van der Waals surface area contributed by atoms with Crippen LogP contribution in [0, 0.1) is 10.1 Å². The highest BCUT2D eigenvalue weighted by Gasteiger charge is 2.01. The SMILES string of the molecule is CN(CCN)[N+](=O)[O-].Cl. The zero-order valence-electron chi connectivity index (χ0n) is 5.11. The molecule has 2 N–H and O–H groups in total. The Balaban J connectivity index is 0. The van der Waals surface area contributed by atoms with Crippen molar-refractivity contribution in [1.82, 2.24) is 5.01 Å². The average Bonchev–Trinajstić information content (AvgIpc) is 1.67. The molecule has 0 fully saturated rings. The first-order chi connectivity index (χ1) is 3.68. The zero-order valence-corrected chi connectivity index (χ0v) is 5.93. The monoisotopic (exact) mass is 155 g/mol. The van der Waals surface area contributed by atoms with Crippen LogP contribution < -0.4 is 5.73 Å². The molecule has 5 nitrogen and oxygen atoms in total. The molecular formula is C3H10ClN3O2. The largest absolute Gasteiger partial charge is 0.329 e. The van der Waals surface area contributed by atoms with Crippen molar-refractivity contribution in [3.05, 3.63) is 10.1 Å². The molecule has 0 aromatic heterocycles. The number of nitrogens with two attached hydrogens (primary N) is 1. The number of halogens is 1. The van der Waals surface area contributed by atoms with Gasteiger partial charge in [0.1, 0.15) is 0 Å². The van der Waals surface area contributed by atoms with Gasteiger partial charge in [0.25, 0.3) is 0 Å². The standard InChI is InChI=1S/C3H9N3O2.ClH/c1-5(3-2-4)6(7)8;/h2-4H2,1H3;1H. The summed E-state index contributed by atoms with van der Waals surface area (Å²) in [6, 6.07) is 0. The first kappa shape index (κ1) is 11.3. The van der Waals surface area contributed by atoms with Crippen LogP contribution in [0.15, 0.2) is 0 Å². The van der Waals surface area contributed by atoms with Crippen molar-refractivity contribution in [2.75, 3.05) is 20.1 Å². The van der Waals surface area contributed by atoms with E-state index in [2.05, 4.69) is 0 Å². The lowest BCUT2D eigenvalue weighted by Gasteiger charge is -2.03. The van der Waals surface area contributed by atoms with Crippen molar-refractivity contribution >= 4 is 12.4 Å². The number of likely N-dealkylation sites (N-methyl/N-ethyl adjacent to an activating group) is 1. The van der Waals surface area contributed by atoms with Gasteiger partial charge in [0.15, 0.2) is 5.03 Å². The second kappa shape index (κ2) is 5.58. The van der Waals surface area contributed by atoms with Crippen LogP contribution in [0.2, 0.25) is 0 Å². The summed E-state index contributed by atoms with van der Waals surface area (Å²) in [5, 5.41) is 10.2. The normalized spacial score (nSPS) is 7.78. The number of rotatable bonds is 3. The van der Waals surface area contributed by atoms with E-state index in [1.807, 2.05) is 0 Å². The molecule has 0 aliphatic heterocycles. The first-order valence-corrected chi connectivity index (χ1v) is 2.24. The highest BCUT2D eigenvalue weighted by atomic mass is 35.5. The van der Waals surface area contributed by atoms with E-state index in [0.717, 1.165) is 5.01 Å². The van der Waals surface area contributed by atoms with Crippen LogP contribution in [0.3, 0.4) is 0 Å². The minimum absolute atomic E-state index is 0. The summed E-state index contributed by atoms with van der Waals surface area (Å²) < 4.78 is 0. The van der Waals surface area contributed by atoms with Crippen molar-refractivity contribution in [3.8, 4) is 0 Å². The van der Waals surface area contributed by atoms with E-state index < -0.39 is 5.03 Å². The maximum absolute atomic E-state index is 9.77. The van der Waals surface area contributed by atoms with E-state index in [1.165, 1.54) is 7.05 Å². The molecule has 0 bridgehead atoms. The zero-order chi connectivity index (χ0) is 6.57. The van der Waals surface area contributed by atoms with E-state index in [0.29, 0.717) is 13.1 Å². The minimum Gasteiger partial charge on any atom is -0.329 e. The Labute approximate surface area is 59.3 Å². The van der Waals surface area contributed by atoms with Crippen molar-refractivity contribution in [2.45, 2.75) is 0 Å². The van der Waals surface area contributed by atoms with Crippen molar-refractivity contribution in [3.63, 3.8) is 0 Å². The fourth-order valence-electron chi connectivity index (χ4n) is 0.268. The van der Waals surface area contributed by atoms with Gasteiger partial charge in [0, 0.05) is 6.54 Å². The molecule has 9 heavy (non-hydrogen) atoms. The third-order valence-electron chi connectivity index (χ3n) is 0.731. The molecule has 6 heteroatoms. The number of hydrogen-bond acceptors (Lipinski definition) is 3. The molecule has 0 unspecified atom stereocenters. The quantitative estimate of drug-likeness (QED) is 0.440. The molecule has 0 saturated heterocycles. The summed E-state index contributed by atoms with van der Waals surface area (Å²) in [5.74, 6) is 0. The number of nitrogens with zero attached hydrogens (tertiary/aromatic N) is 2. The van der Waals surface area contributed by atoms with Gasteiger partial charge in [-0.05, 0) is 0 Å². The molecule has 0 radical (unpaired) electrons.